The average molecular weight is 577 g/mol. The molecule has 1 aromatic carbocycles. The van der Waals surface area contributed by atoms with Crippen molar-refractivity contribution in [3.05, 3.63) is 47.0 Å². The Kier molecular flexibility index (Phi) is 8.53. The average Bonchev–Trinajstić information content (AvgIpc) is 3.22. The van der Waals surface area contributed by atoms with Gasteiger partial charge in [-0.2, -0.15) is 0 Å². The van der Waals surface area contributed by atoms with Crippen molar-refractivity contribution in [2.45, 2.75) is 132 Å². The summed E-state index contributed by atoms with van der Waals surface area (Å²) in [5, 5.41) is 10.4. The molecule has 0 heterocycles. The second-order valence-corrected chi connectivity index (χ2v) is 16.1. The Morgan fingerprint density at radius 3 is 2.29 bits per heavy atom. The van der Waals surface area contributed by atoms with Crippen LogP contribution in [0.25, 0.3) is 0 Å². The molecular weight excluding hydrogens is 520 g/mol. The predicted molar refractivity (Wildman–Crippen MR) is 169 cm³/mol. The first kappa shape index (κ1) is 31.3. The minimum Gasteiger partial charge on any atom is -0.481 e. The summed E-state index contributed by atoms with van der Waals surface area (Å²) in [5.74, 6) is 1.51. The first-order chi connectivity index (χ1) is 19.8. The van der Waals surface area contributed by atoms with Gasteiger partial charge in [-0.1, -0.05) is 97.1 Å². The zero-order valence-electron chi connectivity index (χ0n) is 27.4. The number of carboxylic acids is 1. The molecule has 2 saturated carbocycles. The van der Waals surface area contributed by atoms with E-state index in [1.54, 1.807) is 5.57 Å². The van der Waals surface area contributed by atoms with Gasteiger partial charge in [-0.05, 0) is 98.0 Å². The van der Waals surface area contributed by atoms with Crippen LogP contribution in [-0.4, -0.2) is 23.1 Å². The molecule has 1 unspecified atom stereocenters. The summed E-state index contributed by atoms with van der Waals surface area (Å²) in [6.07, 6.45) is 12.3. The van der Waals surface area contributed by atoms with Gasteiger partial charge < -0.3 is 9.84 Å². The maximum atomic E-state index is 13.1. The maximum absolute atomic E-state index is 13.1. The van der Waals surface area contributed by atoms with Crippen molar-refractivity contribution in [2.75, 3.05) is 0 Å². The van der Waals surface area contributed by atoms with E-state index in [-0.39, 0.29) is 40.2 Å². The number of aliphatic carboxylic acids is 1. The zero-order valence-corrected chi connectivity index (χ0v) is 27.4. The molecule has 4 aliphatic carbocycles. The number of carbonyl (C=O) groups excluding carboxylic acids is 1. The number of allylic oxidation sites excluding steroid dienone is 2. The Labute approximate surface area is 255 Å². The van der Waals surface area contributed by atoms with E-state index in [1.807, 2.05) is 30.3 Å². The summed E-state index contributed by atoms with van der Waals surface area (Å²) < 4.78 is 6.24. The first-order valence-electron chi connectivity index (χ1n) is 17.0. The zero-order chi connectivity index (χ0) is 30.5. The van der Waals surface area contributed by atoms with Crippen LogP contribution in [0, 0.1) is 45.3 Å². The lowest BCUT2D eigenvalue weighted by Crippen LogP contribution is -2.56. The number of fused-ring (bicyclic) bond motifs is 4. The molecule has 4 nitrogen and oxygen atoms in total. The number of esters is 1. The van der Waals surface area contributed by atoms with E-state index in [1.165, 1.54) is 24.8 Å². The molecule has 0 aliphatic heterocycles. The molecule has 2 fully saturated rings. The number of hydrogen-bond donors (Lipinski definition) is 1. The fraction of sp³-hybridized carbons (Fsp3) is 0.737. The molecule has 5 rings (SSSR count). The highest BCUT2D eigenvalue weighted by Crippen LogP contribution is 2.73. The van der Waals surface area contributed by atoms with Gasteiger partial charge in [0, 0.05) is 10.8 Å². The van der Waals surface area contributed by atoms with Crippen molar-refractivity contribution in [2.24, 2.45) is 45.3 Å². The standard InChI is InChI=1S/C38H56O4/c1-25(2)12-11-13-26(3)28-19-23-38(24-33(39)40)30-16-17-31-35(4,5)32(42-34(41)27-14-9-8-10-15-27)20-21-36(31,6)29(30)18-22-37(28,38)7/h8-10,14-15,25-26,28,31-32H,11-13,16-24H2,1-7H3,(H,39,40)/t26-,28-,31?,32+,36-,37-,38-/m1/s1. The van der Waals surface area contributed by atoms with E-state index < -0.39 is 5.97 Å². The summed E-state index contributed by atoms with van der Waals surface area (Å²) in [6.45, 7) is 16.7. The van der Waals surface area contributed by atoms with Crippen LogP contribution >= 0.6 is 0 Å². The Morgan fingerprint density at radius 1 is 0.905 bits per heavy atom. The van der Waals surface area contributed by atoms with Gasteiger partial charge in [-0.25, -0.2) is 4.79 Å². The molecule has 1 aromatic rings. The van der Waals surface area contributed by atoms with Crippen molar-refractivity contribution < 1.29 is 19.4 Å². The first-order valence-corrected chi connectivity index (χ1v) is 17.0. The van der Waals surface area contributed by atoms with E-state index in [4.69, 9.17) is 4.74 Å². The number of carbonyl (C=O) groups is 2. The lowest BCUT2D eigenvalue weighted by atomic mass is 9.42. The van der Waals surface area contributed by atoms with E-state index in [2.05, 4.69) is 48.5 Å². The van der Waals surface area contributed by atoms with Crippen molar-refractivity contribution >= 4 is 11.9 Å². The third kappa shape index (κ3) is 5.07. The fourth-order valence-corrected chi connectivity index (χ4v) is 11.1. The molecule has 0 spiro atoms. The van der Waals surface area contributed by atoms with Crippen molar-refractivity contribution in [3.8, 4) is 0 Å². The minimum atomic E-state index is -0.632. The maximum Gasteiger partial charge on any atom is 0.338 e. The monoisotopic (exact) mass is 576 g/mol. The predicted octanol–water partition coefficient (Wildman–Crippen LogP) is 9.88. The number of hydrogen-bond acceptors (Lipinski definition) is 3. The van der Waals surface area contributed by atoms with Gasteiger partial charge in [0.25, 0.3) is 0 Å². The Morgan fingerprint density at radius 2 is 1.62 bits per heavy atom. The topological polar surface area (TPSA) is 63.6 Å². The Balaban J connectivity index is 1.44. The highest BCUT2D eigenvalue weighted by Gasteiger charge is 2.65. The third-order valence-electron chi connectivity index (χ3n) is 13.3. The summed E-state index contributed by atoms with van der Waals surface area (Å²) in [7, 11) is 0. The van der Waals surface area contributed by atoms with E-state index in [9.17, 15) is 14.7 Å². The molecule has 4 heteroatoms. The summed E-state index contributed by atoms with van der Waals surface area (Å²) in [5.41, 5.74) is 3.43. The van der Waals surface area contributed by atoms with Crippen LogP contribution in [0.4, 0.5) is 0 Å². The van der Waals surface area contributed by atoms with Crippen LogP contribution < -0.4 is 0 Å². The quantitative estimate of drug-likeness (QED) is 0.235. The van der Waals surface area contributed by atoms with Crippen LogP contribution in [-0.2, 0) is 9.53 Å². The van der Waals surface area contributed by atoms with E-state index >= 15 is 0 Å². The van der Waals surface area contributed by atoms with Crippen LogP contribution in [0.15, 0.2) is 41.5 Å². The van der Waals surface area contributed by atoms with Gasteiger partial charge in [-0.3, -0.25) is 4.79 Å². The SMILES string of the molecule is CC(C)CCC[C@@H](C)[C@H]1CC[C@@]2(CC(=O)O)C3=C(CC[C@]12C)[C@@]1(C)CC[C@H](OC(=O)c2ccccc2)C(C)(C)C1CC3. The number of benzene rings is 1. The normalized spacial score (nSPS) is 36.1. The highest BCUT2D eigenvalue weighted by atomic mass is 16.5. The number of ether oxygens (including phenoxy) is 1. The highest BCUT2D eigenvalue weighted by molar-refractivity contribution is 5.89. The van der Waals surface area contributed by atoms with Gasteiger partial charge >= 0.3 is 11.9 Å². The molecule has 1 N–H and O–H groups in total. The van der Waals surface area contributed by atoms with Gasteiger partial charge in [0.15, 0.2) is 0 Å². The molecule has 7 atom stereocenters. The molecule has 0 amide bonds. The smallest absolute Gasteiger partial charge is 0.338 e. The fourth-order valence-electron chi connectivity index (χ4n) is 11.1. The van der Waals surface area contributed by atoms with Crippen LogP contribution in [0.3, 0.4) is 0 Å². The molecule has 42 heavy (non-hydrogen) atoms. The third-order valence-corrected chi connectivity index (χ3v) is 13.3. The summed E-state index contributed by atoms with van der Waals surface area (Å²) in [6, 6.07) is 9.37. The molecule has 0 bridgehead atoms. The van der Waals surface area contributed by atoms with E-state index in [0.717, 1.165) is 57.3 Å². The van der Waals surface area contributed by atoms with Crippen LogP contribution in [0.5, 0.6) is 0 Å². The van der Waals surface area contributed by atoms with Crippen molar-refractivity contribution in [1.82, 2.24) is 0 Å². The molecule has 0 saturated heterocycles. The van der Waals surface area contributed by atoms with Crippen molar-refractivity contribution in [3.63, 3.8) is 0 Å². The van der Waals surface area contributed by atoms with Crippen LogP contribution in [0.1, 0.15) is 136 Å². The minimum absolute atomic E-state index is 0.0283. The largest absolute Gasteiger partial charge is 0.481 e. The summed E-state index contributed by atoms with van der Waals surface area (Å²) >= 11 is 0. The second kappa shape index (κ2) is 11.4. The molecule has 4 aliphatic rings. The summed E-state index contributed by atoms with van der Waals surface area (Å²) in [4.78, 5) is 25.7. The number of carboxylic acid groups (broad SMARTS) is 1. The molecule has 0 aromatic heterocycles. The Bertz CT molecular complexity index is 1200. The Hall–Kier alpha value is -2.10. The lowest BCUT2D eigenvalue weighted by molar-refractivity contribution is -0.142. The van der Waals surface area contributed by atoms with E-state index in [0.29, 0.717) is 23.3 Å². The number of rotatable bonds is 9. The molecule has 0 radical (unpaired) electrons. The second-order valence-electron chi connectivity index (χ2n) is 16.1. The van der Waals surface area contributed by atoms with Gasteiger partial charge in [0.1, 0.15) is 6.10 Å². The molecular formula is C38H56O4. The molecule has 232 valence electrons. The van der Waals surface area contributed by atoms with Gasteiger partial charge in [0.05, 0.1) is 12.0 Å². The van der Waals surface area contributed by atoms with Crippen molar-refractivity contribution in [1.29, 1.82) is 0 Å². The van der Waals surface area contributed by atoms with Crippen LogP contribution in [0.2, 0.25) is 0 Å². The lowest BCUT2D eigenvalue weighted by Gasteiger charge is -2.62. The van der Waals surface area contributed by atoms with Gasteiger partial charge in [-0.15, -0.1) is 0 Å². The van der Waals surface area contributed by atoms with Gasteiger partial charge in [0.2, 0.25) is 0 Å².